The first-order valence-corrected chi connectivity index (χ1v) is 10.4. The summed E-state index contributed by atoms with van der Waals surface area (Å²) >= 11 is 0. The highest BCUT2D eigenvalue weighted by molar-refractivity contribution is 7.84. The lowest BCUT2D eigenvalue weighted by Gasteiger charge is -2.37. The van der Waals surface area contributed by atoms with Gasteiger partial charge in [0.25, 0.3) is 0 Å². The Balaban J connectivity index is 1.56. The van der Waals surface area contributed by atoms with Crippen LogP contribution in [0.15, 0.2) is 42.5 Å². The maximum atomic E-state index is 12.5. The first kappa shape index (κ1) is 20.0. The molecule has 3 rings (SSSR count). The molecule has 0 bridgehead atoms. The Bertz CT molecular complexity index is 952. The summed E-state index contributed by atoms with van der Waals surface area (Å²) in [5.41, 5.74) is 4.28. The first-order valence-electron chi connectivity index (χ1n) is 8.92. The summed E-state index contributed by atoms with van der Waals surface area (Å²) in [5.74, 6) is 0.0858. The van der Waals surface area contributed by atoms with E-state index in [0.717, 1.165) is 13.1 Å². The monoisotopic (exact) mass is 404 g/mol. The number of aryl methyl sites for hydroxylation is 1. The maximum Gasteiger partial charge on any atom is 0.380 e. The Morgan fingerprint density at radius 2 is 1.68 bits per heavy atom. The molecule has 0 radical (unpaired) electrons. The minimum absolute atomic E-state index is 0.0858. The SMILES string of the molecule is Cc1cccc(N2CCN(C(=O)Nc3ccc(OS(N)(=O)=O)cc3)CC2)c1C. The highest BCUT2D eigenvalue weighted by Crippen LogP contribution is 2.24. The van der Waals surface area contributed by atoms with Crippen molar-refractivity contribution >= 4 is 27.7 Å². The van der Waals surface area contributed by atoms with Crippen LogP contribution in [-0.2, 0) is 10.3 Å². The standard InChI is InChI=1S/C19H24N4O4S/c1-14-4-3-5-18(15(14)2)22-10-12-23(13-11-22)19(24)21-16-6-8-17(9-7-16)27-28(20,25)26/h3-9H,10-13H2,1-2H3,(H,21,24)(H2,20,25,26). The van der Waals surface area contributed by atoms with Crippen LogP contribution in [0.3, 0.4) is 0 Å². The van der Waals surface area contributed by atoms with Gasteiger partial charge in [0, 0.05) is 37.6 Å². The lowest BCUT2D eigenvalue weighted by Crippen LogP contribution is -2.50. The van der Waals surface area contributed by atoms with Gasteiger partial charge in [-0.15, -0.1) is 0 Å². The molecule has 1 aliphatic heterocycles. The molecule has 0 saturated carbocycles. The number of urea groups is 1. The van der Waals surface area contributed by atoms with Crippen molar-refractivity contribution in [3.8, 4) is 5.75 Å². The van der Waals surface area contributed by atoms with Crippen molar-refractivity contribution in [2.45, 2.75) is 13.8 Å². The van der Waals surface area contributed by atoms with Crippen LogP contribution in [0.4, 0.5) is 16.2 Å². The zero-order chi connectivity index (χ0) is 20.3. The molecular formula is C19H24N4O4S. The number of hydrogen-bond donors (Lipinski definition) is 2. The average molecular weight is 404 g/mol. The number of nitrogens with two attached hydrogens (primary N) is 1. The van der Waals surface area contributed by atoms with E-state index in [2.05, 4.69) is 46.4 Å². The summed E-state index contributed by atoms with van der Waals surface area (Å²) in [5, 5.41) is 7.63. The summed E-state index contributed by atoms with van der Waals surface area (Å²) < 4.78 is 26.4. The number of piperazine rings is 1. The van der Waals surface area contributed by atoms with Crippen molar-refractivity contribution in [1.82, 2.24) is 4.90 Å². The molecule has 0 spiro atoms. The van der Waals surface area contributed by atoms with Gasteiger partial charge in [-0.1, -0.05) is 12.1 Å². The van der Waals surface area contributed by atoms with Gasteiger partial charge in [-0.25, -0.2) is 4.79 Å². The van der Waals surface area contributed by atoms with Gasteiger partial charge in [-0.2, -0.15) is 13.6 Å². The number of anilines is 2. The van der Waals surface area contributed by atoms with Crippen LogP contribution in [0.25, 0.3) is 0 Å². The van der Waals surface area contributed by atoms with E-state index in [1.54, 1.807) is 17.0 Å². The number of carbonyl (C=O) groups is 1. The summed E-state index contributed by atoms with van der Waals surface area (Å²) in [7, 11) is -4.06. The van der Waals surface area contributed by atoms with Crippen molar-refractivity contribution < 1.29 is 17.4 Å². The van der Waals surface area contributed by atoms with Gasteiger partial charge in [0.1, 0.15) is 5.75 Å². The van der Waals surface area contributed by atoms with Gasteiger partial charge >= 0.3 is 16.3 Å². The van der Waals surface area contributed by atoms with Crippen LogP contribution >= 0.6 is 0 Å². The molecule has 8 nitrogen and oxygen atoms in total. The number of rotatable bonds is 4. The molecule has 2 amide bonds. The normalized spacial score (nSPS) is 14.7. The molecule has 2 aromatic carbocycles. The molecule has 0 atom stereocenters. The third-order valence-corrected chi connectivity index (χ3v) is 5.23. The molecule has 1 fully saturated rings. The largest absolute Gasteiger partial charge is 0.380 e. The van der Waals surface area contributed by atoms with Crippen molar-refractivity contribution in [3.05, 3.63) is 53.6 Å². The summed E-state index contributed by atoms with van der Waals surface area (Å²) in [6.07, 6.45) is 0. The molecule has 3 N–H and O–H groups in total. The van der Waals surface area contributed by atoms with Gasteiger partial charge in [0.15, 0.2) is 0 Å². The highest BCUT2D eigenvalue weighted by atomic mass is 32.2. The Kier molecular flexibility index (Phi) is 5.76. The molecular weight excluding hydrogens is 380 g/mol. The second-order valence-corrected chi connectivity index (χ2v) is 7.88. The summed E-state index contributed by atoms with van der Waals surface area (Å²) in [6.45, 7) is 6.98. The van der Waals surface area contributed by atoms with Gasteiger partial charge in [0.2, 0.25) is 0 Å². The lowest BCUT2D eigenvalue weighted by molar-refractivity contribution is 0.208. The van der Waals surface area contributed by atoms with E-state index in [1.165, 1.54) is 28.9 Å². The fourth-order valence-electron chi connectivity index (χ4n) is 3.16. The lowest BCUT2D eigenvalue weighted by atomic mass is 10.1. The first-order chi connectivity index (χ1) is 13.2. The van der Waals surface area contributed by atoms with Crippen LogP contribution in [0.2, 0.25) is 0 Å². The van der Waals surface area contributed by atoms with Crippen LogP contribution in [0.1, 0.15) is 11.1 Å². The molecule has 0 aromatic heterocycles. The Morgan fingerprint density at radius 3 is 2.29 bits per heavy atom. The number of nitrogens with zero attached hydrogens (tertiary/aromatic N) is 2. The predicted octanol–water partition coefficient (Wildman–Crippen LogP) is 2.24. The molecule has 1 aliphatic rings. The van der Waals surface area contributed by atoms with E-state index >= 15 is 0 Å². The van der Waals surface area contributed by atoms with Gasteiger partial charge in [-0.05, 0) is 55.3 Å². The van der Waals surface area contributed by atoms with Gasteiger partial charge in [-0.3, -0.25) is 0 Å². The average Bonchev–Trinajstić information content (AvgIpc) is 2.64. The van der Waals surface area contributed by atoms with Crippen molar-refractivity contribution in [3.63, 3.8) is 0 Å². The molecule has 150 valence electrons. The molecule has 9 heteroatoms. The Morgan fingerprint density at radius 1 is 1.04 bits per heavy atom. The van der Waals surface area contributed by atoms with Gasteiger partial charge in [0.05, 0.1) is 0 Å². The third kappa shape index (κ3) is 4.93. The number of hydrogen-bond acceptors (Lipinski definition) is 5. The number of nitrogens with one attached hydrogen (secondary N) is 1. The minimum atomic E-state index is -4.06. The second-order valence-electron chi connectivity index (χ2n) is 6.72. The Labute approximate surface area is 165 Å². The van der Waals surface area contributed by atoms with Crippen LogP contribution in [0, 0.1) is 13.8 Å². The molecule has 1 heterocycles. The molecule has 28 heavy (non-hydrogen) atoms. The fourth-order valence-corrected chi connectivity index (χ4v) is 3.54. The quantitative estimate of drug-likeness (QED) is 0.813. The van der Waals surface area contributed by atoms with Crippen LogP contribution < -0.4 is 19.5 Å². The van der Waals surface area contributed by atoms with Crippen molar-refractivity contribution in [1.29, 1.82) is 0 Å². The molecule has 2 aromatic rings. The van der Waals surface area contributed by atoms with E-state index in [1.807, 2.05) is 0 Å². The fraction of sp³-hybridized carbons (Fsp3) is 0.316. The number of amides is 2. The third-order valence-electron chi connectivity index (χ3n) is 4.80. The van der Waals surface area contributed by atoms with E-state index in [4.69, 9.17) is 5.14 Å². The minimum Gasteiger partial charge on any atom is -0.371 e. The van der Waals surface area contributed by atoms with Gasteiger partial charge < -0.3 is 19.3 Å². The van der Waals surface area contributed by atoms with E-state index in [0.29, 0.717) is 18.8 Å². The highest BCUT2D eigenvalue weighted by Gasteiger charge is 2.22. The maximum absolute atomic E-state index is 12.5. The molecule has 0 unspecified atom stereocenters. The Hall–Kier alpha value is -2.78. The zero-order valence-electron chi connectivity index (χ0n) is 15.9. The molecule has 1 saturated heterocycles. The van der Waals surface area contributed by atoms with E-state index in [-0.39, 0.29) is 11.8 Å². The predicted molar refractivity (Wildman–Crippen MR) is 109 cm³/mol. The van der Waals surface area contributed by atoms with E-state index in [9.17, 15) is 13.2 Å². The number of benzene rings is 2. The smallest absolute Gasteiger partial charge is 0.371 e. The summed E-state index contributed by atoms with van der Waals surface area (Å²) in [6, 6.07) is 12.1. The van der Waals surface area contributed by atoms with Crippen molar-refractivity contribution in [2.24, 2.45) is 5.14 Å². The molecule has 0 aliphatic carbocycles. The van der Waals surface area contributed by atoms with Crippen LogP contribution in [0.5, 0.6) is 5.75 Å². The topological polar surface area (TPSA) is 105 Å². The summed E-state index contributed by atoms with van der Waals surface area (Å²) in [4.78, 5) is 16.6. The zero-order valence-corrected chi connectivity index (χ0v) is 16.7. The van der Waals surface area contributed by atoms with Crippen LogP contribution in [-0.4, -0.2) is 45.5 Å². The second kappa shape index (κ2) is 8.07. The van der Waals surface area contributed by atoms with E-state index < -0.39 is 10.3 Å². The number of carbonyl (C=O) groups excluding carboxylic acids is 1. The van der Waals surface area contributed by atoms with Crippen molar-refractivity contribution in [2.75, 3.05) is 36.4 Å².